The van der Waals surface area contributed by atoms with E-state index < -0.39 is 0 Å². The minimum Gasteiger partial charge on any atom is -0.332 e. The molecule has 3 aromatic heterocycles. The van der Waals surface area contributed by atoms with Gasteiger partial charge in [-0.3, -0.25) is 9.20 Å². The second-order valence-corrected chi connectivity index (χ2v) is 7.72. The molecule has 7 heteroatoms. The van der Waals surface area contributed by atoms with E-state index in [9.17, 15) is 4.79 Å². The summed E-state index contributed by atoms with van der Waals surface area (Å²) in [5, 5.41) is 4.09. The average Bonchev–Trinajstić information content (AvgIpc) is 3.34. The molecule has 1 aliphatic rings. The van der Waals surface area contributed by atoms with Gasteiger partial charge in [0.25, 0.3) is 11.4 Å². The zero-order valence-electron chi connectivity index (χ0n) is 16.2. The molecule has 2 aromatic carbocycles. The van der Waals surface area contributed by atoms with Gasteiger partial charge >= 0.3 is 0 Å². The van der Waals surface area contributed by atoms with Crippen LogP contribution in [-0.2, 0) is 13.0 Å². The maximum atomic E-state index is 13.6. The standard InChI is InChI=1S/C23H19N5O2/c29-23-20-19(22-25-21(26-30-22)16-10-11-16)24-14-28(20)18-9-5-4-8-17(18)27(23)13-12-15-6-2-1-3-7-15/h1-9,14,16H,10-13H2. The molecule has 30 heavy (non-hydrogen) atoms. The van der Waals surface area contributed by atoms with E-state index >= 15 is 0 Å². The third kappa shape index (κ3) is 2.74. The van der Waals surface area contributed by atoms with E-state index in [4.69, 9.17) is 4.52 Å². The fourth-order valence-corrected chi connectivity index (χ4v) is 3.97. The fraction of sp³-hybridized carbons (Fsp3) is 0.217. The van der Waals surface area contributed by atoms with Crippen molar-refractivity contribution in [2.75, 3.05) is 0 Å². The third-order valence-corrected chi connectivity index (χ3v) is 5.70. The third-order valence-electron chi connectivity index (χ3n) is 5.70. The van der Waals surface area contributed by atoms with E-state index in [1.165, 1.54) is 5.56 Å². The lowest BCUT2D eigenvalue weighted by molar-refractivity contribution is 0.422. The number of aryl methyl sites for hydroxylation is 2. The summed E-state index contributed by atoms with van der Waals surface area (Å²) in [6.07, 6.45) is 4.59. The fourth-order valence-electron chi connectivity index (χ4n) is 3.97. The summed E-state index contributed by atoms with van der Waals surface area (Å²) in [7, 11) is 0. The quantitative estimate of drug-likeness (QED) is 0.451. The first-order chi connectivity index (χ1) is 14.8. The predicted octanol–water partition coefficient (Wildman–Crippen LogP) is 3.82. The highest BCUT2D eigenvalue weighted by molar-refractivity contribution is 5.83. The van der Waals surface area contributed by atoms with E-state index in [0.29, 0.717) is 35.4 Å². The van der Waals surface area contributed by atoms with Gasteiger partial charge in [-0.25, -0.2) is 4.98 Å². The maximum Gasteiger partial charge on any atom is 0.278 e. The Labute approximate surface area is 171 Å². The Morgan fingerprint density at radius 3 is 2.57 bits per heavy atom. The van der Waals surface area contributed by atoms with Crippen LogP contribution in [0.1, 0.15) is 30.1 Å². The summed E-state index contributed by atoms with van der Waals surface area (Å²) < 4.78 is 9.12. The largest absolute Gasteiger partial charge is 0.332 e. The number of para-hydroxylation sites is 2. The van der Waals surface area contributed by atoms with Gasteiger partial charge in [-0.05, 0) is 37.0 Å². The minimum atomic E-state index is -0.108. The van der Waals surface area contributed by atoms with Gasteiger partial charge in [0, 0.05) is 12.5 Å². The van der Waals surface area contributed by atoms with Crippen molar-refractivity contribution in [1.82, 2.24) is 24.1 Å². The van der Waals surface area contributed by atoms with Crippen LogP contribution in [0.15, 0.2) is 70.2 Å². The van der Waals surface area contributed by atoms with Gasteiger partial charge < -0.3 is 9.09 Å². The van der Waals surface area contributed by atoms with Crippen LogP contribution in [-0.4, -0.2) is 24.1 Å². The van der Waals surface area contributed by atoms with Crippen LogP contribution < -0.4 is 5.56 Å². The monoisotopic (exact) mass is 397 g/mol. The van der Waals surface area contributed by atoms with Crippen molar-refractivity contribution in [2.45, 2.75) is 31.7 Å². The van der Waals surface area contributed by atoms with Crippen molar-refractivity contribution < 1.29 is 4.52 Å². The number of fused-ring (bicyclic) bond motifs is 3. The van der Waals surface area contributed by atoms with Crippen LogP contribution in [0.5, 0.6) is 0 Å². The predicted molar refractivity (Wildman–Crippen MR) is 112 cm³/mol. The van der Waals surface area contributed by atoms with E-state index in [1.54, 1.807) is 6.33 Å². The van der Waals surface area contributed by atoms with Gasteiger partial charge in [0.2, 0.25) is 0 Å². The first-order valence-electron chi connectivity index (χ1n) is 10.2. The van der Waals surface area contributed by atoms with Gasteiger partial charge in [0.1, 0.15) is 11.8 Å². The van der Waals surface area contributed by atoms with Gasteiger partial charge in [-0.2, -0.15) is 4.98 Å². The molecular formula is C23H19N5O2. The Morgan fingerprint density at radius 2 is 1.77 bits per heavy atom. The molecule has 148 valence electrons. The van der Waals surface area contributed by atoms with Crippen molar-refractivity contribution >= 4 is 16.6 Å². The maximum absolute atomic E-state index is 13.6. The van der Waals surface area contributed by atoms with Crippen LogP contribution in [0.2, 0.25) is 0 Å². The number of hydrogen-bond donors (Lipinski definition) is 0. The second-order valence-electron chi connectivity index (χ2n) is 7.72. The highest BCUT2D eigenvalue weighted by Crippen LogP contribution is 2.39. The molecule has 0 atom stereocenters. The summed E-state index contributed by atoms with van der Waals surface area (Å²) in [4.78, 5) is 22.6. The number of nitrogens with zero attached hydrogens (tertiary/aromatic N) is 5. The van der Waals surface area contributed by atoms with Gasteiger partial charge in [-0.15, -0.1) is 0 Å². The number of benzene rings is 2. The highest BCUT2D eigenvalue weighted by atomic mass is 16.5. The van der Waals surface area contributed by atoms with Crippen LogP contribution in [0, 0.1) is 0 Å². The molecule has 1 aliphatic carbocycles. The zero-order chi connectivity index (χ0) is 20.1. The van der Waals surface area contributed by atoms with Gasteiger partial charge in [0.15, 0.2) is 11.5 Å². The molecule has 0 radical (unpaired) electrons. The lowest BCUT2D eigenvalue weighted by Crippen LogP contribution is -2.24. The van der Waals surface area contributed by atoms with Crippen LogP contribution in [0.25, 0.3) is 28.1 Å². The molecule has 0 spiro atoms. The molecule has 0 aliphatic heterocycles. The summed E-state index contributed by atoms with van der Waals surface area (Å²) >= 11 is 0. The summed E-state index contributed by atoms with van der Waals surface area (Å²) in [5.41, 5.74) is 3.78. The molecule has 0 N–H and O–H groups in total. The number of aromatic nitrogens is 5. The molecule has 7 nitrogen and oxygen atoms in total. The molecular weight excluding hydrogens is 378 g/mol. The van der Waals surface area contributed by atoms with Crippen molar-refractivity contribution in [3.63, 3.8) is 0 Å². The highest BCUT2D eigenvalue weighted by Gasteiger charge is 2.30. The van der Waals surface area contributed by atoms with Crippen LogP contribution in [0.4, 0.5) is 0 Å². The lowest BCUT2D eigenvalue weighted by Gasteiger charge is -2.12. The van der Waals surface area contributed by atoms with Gasteiger partial charge in [-0.1, -0.05) is 47.6 Å². The topological polar surface area (TPSA) is 78.2 Å². The van der Waals surface area contributed by atoms with Crippen molar-refractivity contribution in [2.24, 2.45) is 0 Å². The summed E-state index contributed by atoms with van der Waals surface area (Å²) in [6, 6.07) is 18.1. The smallest absolute Gasteiger partial charge is 0.278 e. The van der Waals surface area contributed by atoms with Crippen LogP contribution >= 0.6 is 0 Å². The van der Waals surface area contributed by atoms with Crippen molar-refractivity contribution in [3.05, 3.63) is 82.7 Å². The van der Waals surface area contributed by atoms with E-state index in [1.807, 2.05) is 51.4 Å². The SMILES string of the molecule is O=c1c2c(-c3nc(C4CC4)no3)ncn2c2ccccc2n1CCc1ccccc1. The zero-order valence-corrected chi connectivity index (χ0v) is 16.2. The number of rotatable bonds is 5. The minimum absolute atomic E-state index is 0.108. The van der Waals surface area contributed by atoms with Crippen molar-refractivity contribution in [3.8, 4) is 11.6 Å². The normalized spacial score (nSPS) is 14.0. The van der Waals surface area contributed by atoms with Gasteiger partial charge in [0.05, 0.1) is 11.0 Å². The number of hydrogen-bond acceptors (Lipinski definition) is 5. The number of imidazole rings is 1. The molecule has 1 fully saturated rings. The molecule has 5 aromatic rings. The van der Waals surface area contributed by atoms with Crippen molar-refractivity contribution in [1.29, 1.82) is 0 Å². The molecule has 1 saturated carbocycles. The summed E-state index contributed by atoms with van der Waals surface area (Å²) in [6.45, 7) is 0.571. The molecule has 0 saturated heterocycles. The Bertz CT molecular complexity index is 1430. The summed E-state index contributed by atoms with van der Waals surface area (Å²) in [5.74, 6) is 1.39. The van der Waals surface area contributed by atoms with E-state index in [2.05, 4.69) is 27.3 Å². The Hall–Kier alpha value is -3.74. The molecule has 6 rings (SSSR count). The van der Waals surface area contributed by atoms with E-state index in [-0.39, 0.29) is 5.56 Å². The average molecular weight is 397 g/mol. The molecule has 0 amide bonds. The lowest BCUT2D eigenvalue weighted by atomic mass is 10.1. The van der Waals surface area contributed by atoms with E-state index in [0.717, 1.165) is 30.3 Å². The van der Waals surface area contributed by atoms with Crippen LogP contribution in [0.3, 0.4) is 0 Å². The Morgan fingerprint density at radius 1 is 1.00 bits per heavy atom. The Kier molecular flexibility index (Phi) is 3.80. The molecule has 0 unspecified atom stereocenters. The molecule has 0 bridgehead atoms. The first kappa shape index (κ1) is 17.1. The Balaban J connectivity index is 1.53. The molecule has 3 heterocycles. The second kappa shape index (κ2) is 6.66. The first-order valence-corrected chi connectivity index (χ1v) is 10.2.